The van der Waals surface area contributed by atoms with Crippen LogP contribution >= 0.6 is 11.6 Å². The molecule has 1 atom stereocenters. The Balaban J connectivity index is 1.72. The second-order valence-corrected chi connectivity index (χ2v) is 9.68. The first-order valence-corrected chi connectivity index (χ1v) is 12.7. The maximum Gasteiger partial charge on any atom is 0.253 e. The molecule has 38 heavy (non-hydrogen) atoms. The minimum absolute atomic E-state index is 0.207. The maximum atomic E-state index is 13.8. The second kappa shape index (κ2) is 11.3. The number of benzene rings is 2. The molecular weight excluding hydrogens is 504 g/mol. The zero-order valence-electron chi connectivity index (χ0n) is 21.5. The molecule has 0 saturated carbocycles. The first kappa shape index (κ1) is 25.8. The Morgan fingerprint density at radius 2 is 1.92 bits per heavy atom. The minimum atomic E-state index is -0.615. The van der Waals surface area contributed by atoms with Crippen LogP contribution in [0.2, 0.25) is 5.02 Å². The van der Waals surface area contributed by atoms with Crippen molar-refractivity contribution < 1.29 is 9.15 Å². The van der Waals surface area contributed by atoms with Crippen molar-refractivity contribution >= 4 is 22.5 Å². The van der Waals surface area contributed by atoms with Crippen molar-refractivity contribution in [2.45, 2.75) is 39.5 Å². The summed E-state index contributed by atoms with van der Waals surface area (Å²) in [6.07, 6.45) is 1.63. The highest BCUT2D eigenvalue weighted by Gasteiger charge is 2.32. The zero-order chi connectivity index (χ0) is 26.6. The number of nitrogens with zero attached hydrogens (tertiary/aromatic N) is 5. The first-order chi connectivity index (χ1) is 18.5. The fourth-order valence-corrected chi connectivity index (χ4v) is 4.92. The van der Waals surface area contributed by atoms with Gasteiger partial charge in [0.2, 0.25) is 0 Å². The Morgan fingerprint density at radius 1 is 1.11 bits per heavy atom. The topological polar surface area (TPSA) is 102 Å². The molecule has 5 rings (SSSR count). The number of rotatable bonds is 10. The van der Waals surface area contributed by atoms with Crippen molar-refractivity contribution in [2.75, 3.05) is 13.7 Å². The lowest BCUT2D eigenvalue weighted by atomic mass is 9.99. The van der Waals surface area contributed by atoms with Gasteiger partial charge in [-0.05, 0) is 65.2 Å². The number of fused-ring (bicyclic) bond motifs is 1. The SMILES string of the molecule is COCCn1nnnc1C(c1cc2c(C)ccc(C)c2[nH]c1=O)N(Cc1ccco1)Cc1ccccc1Cl. The lowest BCUT2D eigenvalue weighted by Gasteiger charge is -2.30. The molecule has 1 unspecified atom stereocenters. The number of hydrogen-bond donors (Lipinski definition) is 1. The fraction of sp³-hybridized carbons (Fsp3) is 0.286. The van der Waals surface area contributed by atoms with E-state index in [1.165, 1.54) is 0 Å². The lowest BCUT2D eigenvalue weighted by molar-refractivity contribution is 0.163. The summed E-state index contributed by atoms with van der Waals surface area (Å²) >= 11 is 6.59. The van der Waals surface area contributed by atoms with Gasteiger partial charge in [-0.2, -0.15) is 0 Å². The van der Waals surface area contributed by atoms with Crippen molar-refractivity contribution in [3.05, 3.63) is 110 Å². The Labute approximate surface area is 225 Å². The molecule has 0 saturated heterocycles. The molecule has 0 spiro atoms. The maximum absolute atomic E-state index is 13.8. The van der Waals surface area contributed by atoms with Crippen molar-refractivity contribution in [1.82, 2.24) is 30.1 Å². The van der Waals surface area contributed by atoms with Gasteiger partial charge in [0.25, 0.3) is 5.56 Å². The van der Waals surface area contributed by atoms with E-state index >= 15 is 0 Å². The number of ether oxygens (including phenoxy) is 1. The average Bonchev–Trinajstić information content (AvgIpc) is 3.59. The summed E-state index contributed by atoms with van der Waals surface area (Å²) in [6, 6.07) is 16.8. The van der Waals surface area contributed by atoms with E-state index in [4.69, 9.17) is 20.8 Å². The molecule has 0 aliphatic rings. The van der Waals surface area contributed by atoms with Crippen LogP contribution in [0.5, 0.6) is 0 Å². The van der Waals surface area contributed by atoms with Gasteiger partial charge in [0.15, 0.2) is 5.82 Å². The molecule has 0 fully saturated rings. The van der Waals surface area contributed by atoms with Gasteiger partial charge in [-0.15, -0.1) is 5.10 Å². The Hall–Kier alpha value is -3.79. The number of nitrogens with one attached hydrogen (secondary N) is 1. The first-order valence-electron chi connectivity index (χ1n) is 12.3. The molecule has 3 aromatic heterocycles. The van der Waals surface area contributed by atoms with E-state index in [9.17, 15) is 4.79 Å². The molecule has 9 nitrogen and oxygen atoms in total. The zero-order valence-corrected chi connectivity index (χ0v) is 22.3. The van der Waals surface area contributed by atoms with Gasteiger partial charge in [-0.25, -0.2) is 4.68 Å². The van der Waals surface area contributed by atoms with Crippen LogP contribution in [0.15, 0.2) is 70.1 Å². The monoisotopic (exact) mass is 532 g/mol. The lowest BCUT2D eigenvalue weighted by Crippen LogP contribution is -2.35. The van der Waals surface area contributed by atoms with Crippen LogP contribution in [0.4, 0.5) is 0 Å². The van der Waals surface area contributed by atoms with E-state index in [0.29, 0.717) is 42.7 Å². The molecule has 0 bridgehead atoms. The molecule has 0 aliphatic carbocycles. The number of halogens is 1. The summed E-state index contributed by atoms with van der Waals surface area (Å²) in [7, 11) is 1.63. The number of furan rings is 1. The highest BCUT2D eigenvalue weighted by Crippen LogP contribution is 2.32. The average molecular weight is 533 g/mol. The van der Waals surface area contributed by atoms with Crippen molar-refractivity contribution in [1.29, 1.82) is 0 Å². The van der Waals surface area contributed by atoms with Crippen LogP contribution in [0.3, 0.4) is 0 Å². The van der Waals surface area contributed by atoms with Crippen LogP contribution in [0.1, 0.15) is 39.9 Å². The normalized spacial score (nSPS) is 12.4. The summed E-state index contributed by atoms with van der Waals surface area (Å²) < 4.78 is 12.7. The van der Waals surface area contributed by atoms with Gasteiger partial charge in [0.05, 0.1) is 31.5 Å². The summed E-state index contributed by atoms with van der Waals surface area (Å²) in [5.41, 5.74) is 4.11. The third kappa shape index (κ3) is 5.26. The van der Waals surface area contributed by atoms with E-state index in [1.54, 1.807) is 18.1 Å². The number of aryl methyl sites for hydroxylation is 2. The van der Waals surface area contributed by atoms with Crippen LogP contribution in [-0.2, 0) is 24.4 Å². The third-order valence-electron chi connectivity index (χ3n) is 6.71. The van der Waals surface area contributed by atoms with Gasteiger partial charge < -0.3 is 14.1 Å². The van der Waals surface area contributed by atoms with Gasteiger partial charge in [-0.3, -0.25) is 9.69 Å². The number of aromatic nitrogens is 5. The number of hydrogen-bond acceptors (Lipinski definition) is 7. The number of pyridine rings is 1. The predicted octanol–water partition coefficient (Wildman–Crippen LogP) is 4.82. The molecule has 5 aromatic rings. The molecule has 10 heteroatoms. The number of tetrazole rings is 1. The molecule has 3 heterocycles. The quantitative estimate of drug-likeness (QED) is 0.275. The molecule has 0 radical (unpaired) electrons. The molecule has 2 aromatic carbocycles. The predicted molar refractivity (Wildman–Crippen MR) is 145 cm³/mol. The number of aromatic amines is 1. The van der Waals surface area contributed by atoms with E-state index in [-0.39, 0.29) is 5.56 Å². The molecule has 0 amide bonds. The van der Waals surface area contributed by atoms with Gasteiger partial charge in [-0.1, -0.05) is 41.9 Å². The van der Waals surface area contributed by atoms with Crippen LogP contribution < -0.4 is 5.56 Å². The highest BCUT2D eigenvalue weighted by molar-refractivity contribution is 6.31. The molecule has 0 aliphatic heterocycles. The van der Waals surface area contributed by atoms with E-state index in [0.717, 1.165) is 33.4 Å². The van der Waals surface area contributed by atoms with Crippen molar-refractivity contribution in [3.8, 4) is 0 Å². The highest BCUT2D eigenvalue weighted by atomic mass is 35.5. The second-order valence-electron chi connectivity index (χ2n) is 9.27. The molecule has 1 N–H and O–H groups in total. The molecule has 196 valence electrons. The van der Waals surface area contributed by atoms with E-state index in [2.05, 4.69) is 31.5 Å². The van der Waals surface area contributed by atoms with Crippen LogP contribution in [0.25, 0.3) is 10.9 Å². The third-order valence-corrected chi connectivity index (χ3v) is 7.08. The summed E-state index contributed by atoms with van der Waals surface area (Å²) in [6.45, 7) is 5.68. The van der Waals surface area contributed by atoms with E-state index < -0.39 is 6.04 Å². The smallest absolute Gasteiger partial charge is 0.253 e. The van der Waals surface area contributed by atoms with Gasteiger partial charge in [0.1, 0.15) is 11.8 Å². The summed E-state index contributed by atoms with van der Waals surface area (Å²) in [5.74, 6) is 1.26. The minimum Gasteiger partial charge on any atom is -0.468 e. The van der Waals surface area contributed by atoms with E-state index in [1.807, 2.05) is 62.4 Å². The largest absolute Gasteiger partial charge is 0.468 e. The van der Waals surface area contributed by atoms with Crippen molar-refractivity contribution in [2.24, 2.45) is 0 Å². The summed E-state index contributed by atoms with van der Waals surface area (Å²) in [5, 5.41) is 14.2. The Bertz CT molecular complexity index is 1590. The summed E-state index contributed by atoms with van der Waals surface area (Å²) in [4.78, 5) is 19.0. The molecular formula is C28H29ClN6O3. The van der Waals surface area contributed by atoms with Gasteiger partial charge in [0, 0.05) is 29.6 Å². The standard InChI is InChI=1S/C28H29ClN6O3/c1-18-10-11-19(2)25-22(18)15-23(28(36)30-25)26(27-31-32-33-35(27)12-14-37-3)34(17-21-8-6-13-38-21)16-20-7-4-5-9-24(20)29/h4-11,13,15,26H,12,14,16-17H2,1-3H3,(H,30,36). The van der Waals surface area contributed by atoms with Crippen LogP contribution in [-0.4, -0.2) is 43.8 Å². The number of methoxy groups -OCH3 is 1. The van der Waals surface area contributed by atoms with Crippen LogP contribution in [0, 0.1) is 13.8 Å². The Kier molecular flexibility index (Phi) is 7.69. The Morgan fingerprint density at radius 3 is 2.68 bits per heavy atom. The van der Waals surface area contributed by atoms with Gasteiger partial charge >= 0.3 is 0 Å². The fourth-order valence-electron chi connectivity index (χ4n) is 4.72. The number of H-pyrrole nitrogens is 1. The van der Waals surface area contributed by atoms with Crippen molar-refractivity contribution in [3.63, 3.8) is 0 Å².